The van der Waals surface area contributed by atoms with Crippen LogP contribution in [0.2, 0.25) is 0 Å². The number of aromatic nitrogens is 4. The van der Waals surface area contributed by atoms with Crippen molar-refractivity contribution in [2.45, 2.75) is 11.4 Å². The van der Waals surface area contributed by atoms with Gasteiger partial charge in [-0.05, 0) is 12.1 Å². The summed E-state index contributed by atoms with van der Waals surface area (Å²) in [4.78, 5) is 4.51. The monoisotopic (exact) mass is 329 g/mol. The van der Waals surface area contributed by atoms with E-state index in [1.54, 1.807) is 41.5 Å². The number of nitrogens with zero attached hydrogens (tertiary/aromatic N) is 5. The Labute approximate surface area is 133 Å². The van der Waals surface area contributed by atoms with Crippen LogP contribution in [0.3, 0.4) is 0 Å². The third-order valence-corrected chi connectivity index (χ3v) is 5.92. The molecule has 0 N–H and O–H groups in total. The number of sulfonamides is 1. The first-order chi connectivity index (χ1) is 11.1. The molecule has 1 fully saturated rings. The zero-order chi connectivity index (χ0) is 15.9. The average Bonchev–Trinajstić information content (AvgIpc) is 3.03. The van der Waals surface area contributed by atoms with Crippen molar-refractivity contribution in [2.75, 3.05) is 13.1 Å². The molecule has 0 spiro atoms. The van der Waals surface area contributed by atoms with Crippen molar-refractivity contribution in [1.82, 2.24) is 24.3 Å². The Morgan fingerprint density at radius 3 is 2.74 bits per heavy atom. The Balaban J connectivity index is 1.57. The Morgan fingerprint density at radius 1 is 1.13 bits per heavy atom. The van der Waals surface area contributed by atoms with Crippen molar-refractivity contribution in [1.29, 1.82) is 0 Å². The molecule has 0 bridgehead atoms. The van der Waals surface area contributed by atoms with Crippen molar-refractivity contribution in [3.63, 3.8) is 0 Å². The van der Waals surface area contributed by atoms with E-state index in [-0.39, 0.29) is 10.8 Å². The largest absolute Gasteiger partial charge is 0.255 e. The molecule has 0 atom stereocenters. The van der Waals surface area contributed by atoms with Gasteiger partial charge in [0.05, 0.1) is 11.7 Å². The van der Waals surface area contributed by atoms with Gasteiger partial charge in [-0.3, -0.25) is 9.67 Å². The number of benzene rings is 1. The van der Waals surface area contributed by atoms with Crippen molar-refractivity contribution in [3.8, 4) is 0 Å². The fourth-order valence-corrected chi connectivity index (χ4v) is 4.61. The highest BCUT2D eigenvalue weighted by Crippen LogP contribution is 2.29. The second-order valence-corrected chi connectivity index (χ2v) is 7.55. The van der Waals surface area contributed by atoms with Gasteiger partial charge in [-0.1, -0.05) is 23.4 Å². The predicted molar refractivity (Wildman–Crippen MR) is 84.0 cm³/mol. The molecule has 23 heavy (non-hydrogen) atoms. The van der Waals surface area contributed by atoms with Crippen LogP contribution in [-0.2, 0) is 16.6 Å². The number of pyridine rings is 1. The van der Waals surface area contributed by atoms with Gasteiger partial charge in [0.25, 0.3) is 0 Å². The van der Waals surface area contributed by atoms with Crippen LogP contribution in [0.5, 0.6) is 0 Å². The second-order valence-electron chi connectivity index (χ2n) is 5.64. The van der Waals surface area contributed by atoms with E-state index in [4.69, 9.17) is 0 Å². The Hall–Kier alpha value is -2.32. The van der Waals surface area contributed by atoms with Gasteiger partial charge in [-0.15, -0.1) is 5.10 Å². The van der Waals surface area contributed by atoms with E-state index in [0.29, 0.717) is 25.2 Å². The molecule has 0 radical (unpaired) electrons. The minimum atomic E-state index is -3.52. The third-order valence-electron chi connectivity index (χ3n) is 4.05. The van der Waals surface area contributed by atoms with E-state index in [2.05, 4.69) is 15.3 Å². The maximum absolute atomic E-state index is 12.8. The molecule has 118 valence electrons. The lowest BCUT2D eigenvalue weighted by atomic mass is 10.0. The highest BCUT2D eigenvalue weighted by molar-refractivity contribution is 7.89. The van der Waals surface area contributed by atoms with Crippen LogP contribution in [0.25, 0.3) is 10.9 Å². The fourth-order valence-electron chi connectivity index (χ4n) is 2.85. The van der Waals surface area contributed by atoms with Crippen LogP contribution >= 0.6 is 0 Å². The van der Waals surface area contributed by atoms with E-state index in [9.17, 15) is 8.42 Å². The molecule has 0 saturated carbocycles. The van der Waals surface area contributed by atoms with Gasteiger partial charge in [-0.2, -0.15) is 4.31 Å². The predicted octanol–water partition coefficient (Wildman–Crippen LogP) is 1.15. The first-order valence-corrected chi connectivity index (χ1v) is 8.76. The normalized spacial score (nSPS) is 16.5. The topological polar surface area (TPSA) is 81.0 Å². The average molecular weight is 329 g/mol. The third kappa shape index (κ3) is 2.49. The molecule has 1 saturated heterocycles. The lowest BCUT2D eigenvalue weighted by Gasteiger charge is -2.37. The summed E-state index contributed by atoms with van der Waals surface area (Å²) in [5.74, 6) is 0.259. The zero-order valence-corrected chi connectivity index (χ0v) is 13.1. The molecule has 8 heteroatoms. The van der Waals surface area contributed by atoms with Crippen LogP contribution in [0.4, 0.5) is 0 Å². The Kier molecular flexibility index (Phi) is 3.35. The van der Waals surface area contributed by atoms with E-state index >= 15 is 0 Å². The molecule has 1 aromatic carbocycles. The summed E-state index contributed by atoms with van der Waals surface area (Å²) in [7, 11) is -3.52. The molecule has 4 rings (SSSR count). The second kappa shape index (κ2) is 5.39. The molecule has 3 heterocycles. The van der Waals surface area contributed by atoms with Crippen LogP contribution in [0, 0.1) is 5.92 Å². The number of hydrogen-bond donors (Lipinski definition) is 0. The summed E-state index contributed by atoms with van der Waals surface area (Å²) >= 11 is 0. The SMILES string of the molecule is O=S(=O)(c1cccc2cccnc12)N1CC(Cn2ccnn2)C1. The fraction of sp³-hybridized carbons (Fsp3) is 0.267. The van der Waals surface area contributed by atoms with Gasteiger partial charge in [0.15, 0.2) is 0 Å². The number of rotatable bonds is 4. The van der Waals surface area contributed by atoms with Crippen LogP contribution in [0.1, 0.15) is 0 Å². The van der Waals surface area contributed by atoms with E-state index in [1.807, 2.05) is 12.1 Å². The molecule has 3 aromatic rings. The number of para-hydroxylation sites is 1. The number of hydrogen-bond acceptors (Lipinski definition) is 5. The summed E-state index contributed by atoms with van der Waals surface area (Å²) in [6.07, 6.45) is 5.02. The standard InChI is InChI=1S/C15H15N5O2S/c21-23(22,14-5-1-3-13-4-2-6-16-15(13)14)20-10-12(11-20)9-19-8-7-17-18-19/h1-8,12H,9-11H2. The molecular weight excluding hydrogens is 314 g/mol. The van der Waals surface area contributed by atoms with Gasteiger partial charge in [0.2, 0.25) is 10.0 Å². The number of fused-ring (bicyclic) bond motifs is 1. The lowest BCUT2D eigenvalue weighted by Crippen LogP contribution is -2.51. The van der Waals surface area contributed by atoms with Crippen LogP contribution < -0.4 is 0 Å². The molecule has 0 unspecified atom stereocenters. The first-order valence-electron chi connectivity index (χ1n) is 7.32. The van der Waals surface area contributed by atoms with Gasteiger partial charge >= 0.3 is 0 Å². The molecule has 7 nitrogen and oxygen atoms in total. The van der Waals surface area contributed by atoms with Crippen molar-refractivity contribution < 1.29 is 8.42 Å². The lowest BCUT2D eigenvalue weighted by molar-refractivity contribution is 0.174. The maximum atomic E-state index is 12.8. The van der Waals surface area contributed by atoms with Gasteiger partial charge in [-0.25, -0.2) is 8.42 Å². The van der Waals surface area contributed by atoms with Gasteiger partial charge in [0, 0.05) is 43.3 Å². The van der Waals surface area contributed by atoms with Gasteiger partial charge < -0.3 is 0 Å². The molecule has 0 amide bonds. The van der Waals surface area contributed by atoms with Crippen molar-refractivity contribution in [2.24, 2.45) is 5.92 Å². The summed E-state index contributed by atoms with van der Waals surface area (Å²) in [6, 6.07) is 8.91. The van der Waals surface area contributed by atoms with Crippen LogP contribution in [-0.4, -0.2) is 45.8 Å². The Morgan fingerprint density at radius 2 is 1.96 bits per heavy atom. The Bertz CT molecular complexity index is 928. The van der Waals surface area contributed by atoms with E-state index in [0.717, 1.165) is 5.39 Å². The summed E-state index contributed by atoms with van der Waals surface area (Å²) < 4.78 is 28.9. The van der Waals surface area contributed by atoms with Gasteiger partial charge in [0.1, 0.15) is 4.90 Å². The van der Waals surface area contributed by atoms with Crippen molar-refractivity contribution in [3.05, 3.63) is 48.9 Å². The molecule has 1 aliphatic heterocycles. The molecule has 0 aliphatic carbocycles. The smallest absolute Gasteiger partial charge is 0.245 e. The maximum Gasteiger partial charge on any atom is 0.245 e. The first kappa shape index (κ1) is 14.3. The minimum absolute atomic E-state index is 0.259. The minimum Gasteiger partial charge on any atom is -0.255 e. The van der Waals surface area contributed by atoms with E-state index < -0.39 is 10.0 Å². The highest BCUT2D eigenvalue weighted by atomic mass is 32.2. The molecule has 1 aliphatic rings. The van der Waals surface area contributed by atoms with Crippen molar-refractivity contribution >= 4 is 20.9 Å². The molecular formula is C15H15N5O2S. The summed E-state index contributed by atoms with van der Waals surface area (Å²) in [5, 5.41) is 8.50. The molecule has 2 aromatic heterocycles. The zero-order valence-electron chi connectivity index (χ0n) is 12.3. The highest BCUT2D eigenvalue weighted by Gasteiger charge is 2.37. The quantitative estimate of drug-likeness (QED) is 0.717. The summed E-state index contributed by atoms with van der Waals surface area (Å²) in [6.45, 7) is 1.66. The van der Waals surface area contributed by atoms with E-state index in [1.165, 1.54) is 4.31 Å². The van der Waals surface area contributed by atoms with Crippen LogP contribution in [0.15, 0.2) is 53.8 Å². The summed E-state index contributed by atoms with van der Waals surface area (Å²) in [5.41, 5.74) is 0.523.